The predicted molar refractivity (Wildman–Crippen MR) is 81.0 cm³/mol. The first-order valence-electron chi connectivity index (χ1n) is 6.41. The van der Waals surface area contributed by atoms with Crippen molar-refractivity contribution in [2.45, 2.75) is 46.3 Å². The summed E-state index contributed by atoms with van der Waals surface area (Å²) in [6.45, 7) is 10.8. The molecule has 0 aromatic rings. The zero-order valence-corrected chi connectivity index (χ0v) is 13.6. The molecule has 0 aromatic heterocycles. The van der Waals surface area contributed by atoms with E-state index in [1.807, 2.05) is 27.7 Å². The highest BCUT2D eigenvalue weighted by atomic mass is 32.2. The first-order valence-corrected chi connectivity index (χ1v) is 8.32. The molecule has 0 heterocycles. The van der Waals surface area contributed by atoms with Crippen LogP contribution in [-0.4, -0.2) is 36.1 Å². The molecule has 0 spiro atoms. The standard InChI is InChI=1S/C12H26N2O2S2/c1-6-11(12(13)17)18(15,16)14(7-9(2)3)8-10(4)5/h9-11H,6-8H2,1-5H3,(H2,13,17). The van der Waals surface area contributed by atoms with Gasteiger partial charge in [-0.25, -0.2) is 12.7 Å². The molecule has 0 fully saturated rings. The van der Waals surface area contributed by atoms with Gasteiger partial charge in [-0.3, -0.25) is 0 Å². The summed E-state index contributed by atoms with van der Waals surface area (Å²) in [5.41, 5.74) is 5.56. The number of nitrogens with two attached hydrogens (primary N) is 1. The molecule has 0 amide bonds. The second-order valence-electron chi connectivity index (χ2n) is 5.45. The van der Waals surface area contributed by atoms with E-state index in [0.29, 0.717) is 19.5 Å². The van der Waals surface area contributed by atoms with Crippen LogP contribution in [0, 0.1) is 11.8 Å². The van der Waals surface area contributed by atoms with E-state index in [0.717, 1.165) is 0 Å². The molecule has 0 aliphatic heterocycles. The Bertz CT molecular complexity index is 354. The lowest BCUT2D eigenvalue weighted by Gasteiger charge is -2.29. The van der Waals surface area contributed by atoms with Gasteiger partial charge in [0.25, 0.3) is 0 Å². The molecule has 6 heteroatoms. The fourth-order valence-electron chi connectivity index (χ4n) is 1.84. The van der Waals surface area contributed by atoms with Crippen LogP contribution < -0.4 is 5.73 Å². The largest absolute Gasteiger partial charge is 0.392 e. The molecule has 1 unspecified atom stereocenters. The lowest BCUT2D eigenvalue weighted by Crippen LogP contribution is -2.46. The molecule has 108 valence electrons. The summed E-state index contributed by atoms with van der Waals surface area (Å²) in [5, 5.41) is -0.745. The molecular weight excluding hydrogens is 268 g/mol. The maximum atomic E-state index is 12.5. The normalized spacial score (nSPS) is 14.4. The minimum absolute atomic E-state index is 0.0648. The fourth-order valence-corrected chi connectivity index (χ4v) is 4.45. The number of nitrogens with zero attached hydrogens (tertiary/aromatic N) is 1. The van der Waals surface area contributed by atoms with E-state index in [4.69, 9.17) is 18.0 Å². The van der Waals surface area contributed by atoms with Crippen LogP contribution in [0.25, 0.3) is 0 Å². The highest BCUT2D eigenvalue weighted by Gasteiger charge is 2.33. The summed E-state index contributed by atoms with van der Waals surface area (Å²) in [6, 6.07) is 0. The molecule has 0 aliphatic carbocycles. The van der Waals surface area contributed by atoms with Crippen molar-refractivity contribution in [3.63, 3.8) is 0 Å². The topological polar surface area (TPSA) is 63.4 Å². The second kappa shape index (κ2) is 7.40. The molecular formula is C12H26N2O2S2. The van der Waals surface area contributed by atoms with Gasteiger partial charge in [-0.05, 0) is 18.3 Å². The minimum atomic E-state index is -3.44. The summed E-state index contributed by atoms with van der Waals surface area (Å²) in [6.07, 6.45) is 0.421. The van der Waals surface area contributed by atoms with Crippen LogP contribution in [0.4, 0.5) is 0 Å². The SMILES string of the molecule is CCC(C(N)=S)S(=O)(=O)N(CC(C)C)CC(C)C. The van der Waals surface area contributed by atoms with E-state index in [2.05, 4.69) is 0 Å². The lowest BCUT2D eigenvalue weighted by atomic mass is 10.2. The Hall–Kier alpha value is -0.200. The van der Waals surface area contributed by atoms with Crippen molar-refractivity contribution in [3.8, 4) is 0 Å². The van der Waals surface area contributed by atoms with Crippen molar-refractivity contribution in [1.82, 2.24) is 4.31 Å². The van der Waals surface area contributed by atoms with E-state index >= 15 is 0 Å². The average Bonchev–Trinajstić information content (AvgIpc) is 2.14. The monoisotopic (exact) mass is 294 g/mol. The third-order valence-corrected chi connectivity index (χ3v) is 5.30. The summed E-state index contributed by atoms with van der Waals surface area (Å²) in [4.78, 5) is 0.0648. The number of sulfonamides is 1. The number of thiocarbonyl (C=S) groups is 1. The maximum Gasteiger partial charge on any atom is 0.223 e. The summed E-state index contributed by atoms with van der Waals surface area (Å²) in [5.74, 6) is 0.560. The molecule has 0 rings (SSSR count). The summed E-state index contributed by atoms with van der Waals surface area (Å²) < 4.78 is 26.6. The Balaban J connectivity index is 5.23. The van der Waals surface area contributed by atoms with E-state index in [1.165, 1.54) is 4.31 Å². The smallest absolute Gasteiger partial charge is 0.223 e. The van der Waals surface area contributed by atoms with Gasteiger partial charge in [0, 0.05) is 13.1 Å². The van der Waals surface area contributed by atoms with Crippen LogP contribution in [0.5, 0.6) is 0 Å². The molecule has 18 heavy (non-hydrogen) atoms. The third-order valence-electron chi connectivity index (χ3n) is 2.55. The highest BCUT2D eigenvalue weighted by molar-refractivity contribution is 7.92. The molecule has 0 aliphatic rings. The molecule has 4 nitrogen and oxygen atoms in total. The average molecular weight is 294 g/mol. The quantitative estimate of drug-likeness (QED) is 0.695. The highest BCUT2D eigenvalue weighted by Crippen LogP contribution is 2.17. The van der Waals surface area contributed by atoms with Gasteiger partial charge in [0.1, 0.15) is 5.25 Å². The summed E-state index contributed by atoms with van der Waals surface area (Å²) in [7, 11) is -3.44. The zero-order chi connectivity index (χ0) is 14.5. The van der Waals surface area contributed by atoms with Crippen molar-refractivity contribution >= 4 is 27.2 Å². The van der Waals surface area contributed by atoms with Gasteiger partial charge in [-0.15, -0.1) is 0 Å². The molecule has 0 radical (unpaired) electrons. The fraction of sp³-hybridized carbons (Fsp3) is 0.917. The minimum Gasteiger partial charge on any atom is -0.392 e. The molecule has 2 N–H and O–H groups in total. The van der Waals surface area contributed by atoms with Crippen molar-refractivity contribution in [1.29, 1.82) is 0 Å². The van der Waals surface area contributed by atoms with Crippen LogP contribution in [0.3, 0.4) is 0 Å². The van der Waals surface area contributed by atoms with Gasteiger partial charge >= 0.3 is 0 Å². The van der Waals surface area contributed by atoms with E-state index in [1.54, 1.807) is 6.92 Å². The van der Waals surface area contributed by atoms with Crippen LogP contribution in [0.2, 0.25) is 0 Å². The van der Waals surface area contributed by atoms with Crippen LogP contribution in [0.1, 0.15) is 41.0 Å². The first-order chi connectivity index (χ1) is 8.12. The number of rotatable bonds is 8. The number of hydrogen-bond acceptors (Lipinski definition) is 3. The van der Waals surface area contributed by atoms with Crippen LogP contribution in [0.15, 0.2) is 0 Å². The van der Waals surface area contributed by atoms with Gasteiger partial charge in [0.2, 0.25) is 10.0 Å². The maximum absolute atomic E-state index is 12.5. The number of hydrogen-bond donors (Lipinski definition) is 1. The van der Waals surface area contributed by atoms with Crippen molar-refractivity contribution in [3.05, 3.63) is 0 Å². The van der Waals surface area contributed by atoms with Gasteiger partial charge in [0.15, 0.2) is 0 Å². The third kappa shape index (κ3) is 5.20. The molecule has 0 saturated heterocycles. The van der Waals surface area contributed by atoms with Crippen LogP contribution >= 0.6 is 12.2 Å². The van der Waals surface area contributed by atoms with Crippen molar-refractivity contribution in [2.75, 3.05) is 13.1 Å². The van der Waals surface area contributed by atoms with E-state index < -0.39 is 15.3 Å². The Morgan fingerprint density at radius 2 is 1.56 bits per heavy atom. The van der Waals surface area contributed by atoms with E-state index in [9.17, 15) is 8.42 Å². The van der Waals surface area contributed by atoms with Crippen LogP contribution in [-0.2, 0) is 10.0 Å². The van der Waals surface area contributed by atoms with Crippen molar-refractivity contribution in [2.24, 2.45) is 17.6 Å². The van der Waals surface area contributed by atoms with Crippen molar-refractivity contribution < 1.29 is 8.42 Å². The molecule has 0 aromatic carbocycles. The van der Waals surface area contributed by atoms with E-state index in [-0.39, 0.29) is 16.8 Å². The molecule has 0 saturated carbocycles. The lowest BCUT2D eigenvalue weighted by molar-refractivity contribution is 0.331. The Kier molecular flexibility index (Phi) is 7.32. The Morgan fingerprint density at radius 1 is 1.17 bits per heavy atom. The summed E-state index contributed by atoms with van der Waals surface area (Å²) >= 11 is 4.88. The Labute approximate surface area is 117 Å². The van der Waals surface area contributed by atoms with Gasteiger partial charge in [-0.1, -0.05) is 46.8 Å². The zero-order valence-electron chi connectivity index (χ0n) is 12.0. The van der Waals surface area contributed by atoms with Gasteiger partial charge in [0.05, 0.1) is 4.99 Å². The van der Waals surface area contributed by atoms with Gasteiger partial charge in [-0.2, -0.15) is 0 Å². The first kappa shape index (κ1) is 17.8. The van der Waals surface area contributed by atoms with Gasteiger partial charge < -0.3 is 5.73 Å². The second-order valence-corrected chi connectivity index (χ2v) is 8.04. The Morgan fingerprint density at radius 3 is 1.78 bits per heavy atom. The molecule has 1 atom stereocenters. The molecule has 0 bridgehead atoms. The predicted octanol–water partition coefficient (Wildman–Crippen LogP) is 1.99.